The minimum absolute atomic E-state index is 0.521. The van der Waals surface area contributed by atoms with Crippen molar-refractivity contribution < 1.29 is 23.1 Å². The Balaban J connectivity index is 2.22. The molecule has 0 amide bonds. The van der Waals surface area contributed by atoms with Gasteiger partial charge in [-0.25, -0.2) is 4.79 Å². The zero-order valence-corrected chi connectivity index (χ0v) is 9.44. The van der Waals surface area contributed by atoms with Crippen molar-refractivity contribution in [1.29, 1.82) is 0 Å². The fourth-order valence-corrected chi connectivity index (χ4v) is 2.17. The van der Waals surface area contributed by atoms with Crippen LogP contribution < -0.4 is 4.90 Å². The minimum Gasteiger partial charge on any atom is -0.480 e. The molecule has 1 N–H and O–H groups in total. The summed E-state index contributed by atoms with van der Waals surface area (Å²) in [6.45, 7) is 0.558. The molecule has 0 aliphatic carbocycles. The Morgan fingerprint density at radius 1 is 1.28 bits per heavy atom. The molecule has 3 nitrogen and oxygen atoms in total. The summed E-state index contributed by atoms with van der Waals surface area (Å²) in [6, 6.07) is 3.97. The Labute approximate surface area is 102 Å². The van der Waals surface area contributed by atoms with E-state index in [1.807, 2.05) is 0 Å². The summed E-state index contributed by atoms with van der Waals surface area (Å²) in [7, 11) is 0. The van der Waals surface area contributed by atoms with Crippen molar-refractivity contribution in [3.05, 3.63) is 29.8 Å². The maximum absolute atomic E-state index is 12.4. The Morgan fingerprint density at radius 3 is 2.39 bits per heavy atom. The number of hydrogen-bond acceptors (Lipinski definition) is 2. The number of benzene rings is 1. The van der Waals surface area contributed by atoms with Crippen LogP contribution in [-0.2, 0) is 11.0 Å². The van der Waals surface area contributed by atoms with Gasteiger partial charge in [-0.3, -0.25) is 0 Å². The van der Waals surface area contributed by atoms with Gasteiger partial charge in [-0.2, -0.15) is 13.2 Å². The number of carboxylic acids is 1. The fraction of sp³-hybridized carbons (Fsp3) is 0.417. The summed E-state index contributed by atoms with van der Waals surface area (Å²) in [5.74, 6) is -0.938. The monoisotopic (exact) mass is 259 g/mol. The van der Waals surface area contributed by atoms with E-state index in [2.05, 4.69) is 0 Å². The highest BCUT2D eigenvalue weighted by atomic mass is 19.4. The summed E-state index contributed by atoms with van der Waals surface area (Å²) in [5.41, 5.74) is -0.203. The van der Waals surface area contributed by atoms with Gasteiger partial charge in [-0.1, -0.05) is 0 Å². The van der Waals surface area contributed by atoms with Crippen LogP contribution in [-0.4, -0.2) is 23.7 Å². The summed E-state index contributed by atoms with van der Waals surface area (Å²) >= 11 is 0. The van der Waals surface area contributed by atoms with E-state index in [0.717, 1.165) is 18.6 Å². The second kappa shape index (κ2) is 4.51. The molecule has 1 aromatic rings. The maximum atomic E-state index is 12.4. The van der Waals surface area contributed by atoms with Gasteiger partial charge in [0.2, 0.25) is 0 Å². The summed E-state index contributed by atoms with van der Waals surface area (Å²) < 4.78 is 37.2. The van der Waals surface area contributed by atoms with Crippen molar-refractivity contribution in [2.45, 2.75) is 25.1 Å². The van der Waals surface area contributed by atoms with Crippen molar-refractivity contribution >= 4 is 11.7 Å². The van der Waals surface area contributed by atoms with Crippen molar-refractivity contribution in [2.75, 3.05) is 11.4 Å². The van der Waals surface area contributed by atoms with Crippen molar-refractivity contribution in [1.82, 2.24) is 0 Å². The van der Waals surface area contributed by atoms with E-state index in [-0.39, 0.29) is 0 Å². The number of halogens is 3. The van der Waals surface area contributed by atoms with Crippen LogP contribution in [0.5, 0.6) is 0 Å². The molecule has 6 heteroatoms. The average Bonchev–Trinajstić information content (AvgIpc) is 2.77. The van der Waals surface area contributed by atoms with Gasteiger partial charge in [0.1, 0.15) is 6.04 Å². The highest BCUT2D eigenvalue weighted by molar-refractivity contribution is 5.79. The van der Waals surface area contributed by atoms with E-state index in [1.165, 1.54) is 12.1 Å². The largest absolute Gasteiger partial charge is 0.480 e. The van der Waals surface area contributed by atoms with Crippen LogP contribution in [0.1, 0.15) is 18.4 Å². The third-order valence-corrected chi connectivity index (χ3v) is 3.06. The van der Waals surface area contributed by atoms with Gasteiger partial charge in [0.25, 0.3) is 0 Å². The van der Waals surface area contributed by atoms with Crippen molar-refractivity contribution in [2.24, 2.45) is 0 Å². The maximum Gasteiger partial charge on any atom is 0.416 e. The standard InChI is InChI=1S/C12H12F3NO2/c13-12(14,15)8-3-5-9(6-4-8)16-7-1-2-10(16)11(17)18/h3-6,10H,1-2,7H2,(H,17,18)/t10-/m0/s1. The zero-order valence-electron chi connectivity index (χ0n) is 9.44. The van der Waals surface area contributed by atoms with Crippen molar-refractivity contribution in [3.63, 3.8) is 0 Å². The van der Waals surface area contributed by atoms with Crippen LogP contribution in [0.3, 0.4) is 0 Å². The average molecular weight is 259 g/mol. The molecule has 0 bridgehead atoms. The van der Waals surface area contributed by atoms with E-state index in [0.29, 0.717) is 18.7 Å². The first kappa shape index (κ1) is 12.7. The van der Waals surface area contributed by atoms with Gasteiger partial charge < -0.3 is 10.0 Å². The smallest absolute Gasteiger partial charge is 0.416 e. The van der Waals surface area contributed by atoms with Crippen molar-refractivity contribution in [3.8, 4) is 0 Å². The first-order valence-corrected chi connectivity index (χ1v) is 5.56. The molecule has 1 aromatic carbocycles. The number of alkyl halides is 3. The van der Waals surface area contributed by atoms with Crippen LogP contribution in [0.25, 0.3) is 0 Å². The lowest BCUT2D eigenvalue weighted by Gasteiger charge is -2.23. The molecule has 2 rings (SSSR count). The Hall–Kier alpha value is -1.72. The molecule has 0 unspecified atom stereocenters. The van der Waals surface area contributed by atoms with Gasteiger partial charge >= 0.3 is 12.1 Å². The minimum atomic E-state index is -4.37. The molecule has 0 radical (unpaired) electrons. The van der Waals surface area contributed by atoms with Gasteiger partial charge in [0.15, 0.2) is 0 Å². The predicted molar refractivity (Wildman–Crippen MR) is 59.4 cm³/mol. The molecule has 98 valence electrons. The highest BCUT2D eigenvalue weighted by Crippen LogP contribution is 2.32. The second-order valence-corrected chi connectivity index (χ2v) is 4.23. The number of hydrogen-bond donors (Lipinski definition) is 1. The lowest BCUT2D eigenvalue weighted by atomic mass is 10.1. The Bertz CT molecular complexity index is 442. The molecule has 0 aromatic heterocycles. The van der Waals surface area contributed by atoms with E-state index in [9.17, 15) is 18.0 Å². The number of aliphatic carboxylic acids is 1. The van der Waals surface area contributed by atoms with Crippen LogP contribution in [0, 0.1) is 0 Å². The Kier molecular flexibility index (Phi) is 3.19. The van der Waals surface area contributed by atoms with E-state index >= 15 is 0 Å². The quantitative estimate of drug-likeness (QED) is 0.887. The molecular formula is C12H12F3NO2. The SMILES string of the molecule is O=C(O)[C@@H]1CCCN1c1ccc(C(F)(F)F)cc1. The van der Waals surface area contributed by atoms with Gasteiger partial charge in [-0.05, 0) is 37.1 Å². The van der Waals surface area contributed by atoms with E-state index < -0.39 is 23.8 Å². The third kappa shape index (κ3) is 2.42. The second-order valence-electron chi connectivity index (χ2n) is 4.23. The molecule has 0 saturated carbocycles. The molecule has 1 atom stereocenters. The Morgan fingerprint density at radius 2 is 1.89 bits per heavy atom. The van der Waals surface area contributed by atoms with Gasteiger partial charge in [0, 0.05) is 12.2 Å². The number of anilines is 1. The van der Waals surface area contributed by atoms with E-state index in [4.69, 9.17) is 5.11 Å². The number of rotatable bonds is 2. The molecule has 1 saturated heterocycles. The number of carbonyl (C=O) groups is 1. The zero-order chi connectivity index (χ0) is 13.3. The summed E-state index contributed by atoms with van der Waals surface area (Å²) in [4.78, 5) is 12.6. The lowest BCUT2D eigenvalue weighted by molar-refractivity contribution is -0.139. The molecule has 1 fully saturated rings. The predicted octanol–water partition coefficient (Wildman–Crippen LogP) is 2.76. The first-order valence-electron chi connectivity index (χ1n) is 5.56. The normalized spacial score (nSPS) is 20.2. The van der Waals surface area contributed by atoms with Crippen LogP contribution >= 0.6 is 0 Å². The number of nitrogens with zero attached hydrogens (tertiary/aromatic N) is 1. The molecule has 1 heterocycles. The van der Waals surface area contributed by atoms with Gasteiger partial charge in [-0.15, -0.1) is 0 Å². The van der Waals surface area contributed by atoms with Crippen LogP contribution in [0.15, 0.2) is 24.3 Å². The molecule has 1 aliphatic heterocycles. The fourth-order valence-electron chi connectivity index (χ4n) is 2.17. The van der Waals surface area contributed by atoms with Gasteiger partial charge in [0.05, 0.1) is 5.56 Å². The van der Waals surface area contributed by atoms with Crippen LogP contribution in [0.2, 0.25) is 0 Å². The summed E-state index contributed by atoms with van der Waals surface area (Å²) in [5, 5.41) is 9.01. The summed E-state index contributed by atoms with van der Waals surface area (Å²) in [6.07, 6.45) is -3.11. The first-order chi connectivity index (χ1) is 8.39. The number of carboxylic acid groups (broad SMARTS) is 1. The third-order valence-electron chi connectivity index (χ3n) is 3.06. The molecule has 0 spiro atoms. The van der Waals surface area contributed by atoms with E-state index in [1.54, 1.807) is 4.90 Å². The molecule has 1 aliphatic rings. The highest BCUT2D eigenvalue weighted by Gasteiger charge is 2.33. The molecular weight excluding hydrogens is 247 g/mol. The lowest BCUT2D eigenvalue weighted by Crippen LogP contribution is -2.35. The topological polar surface area (TPSA) is 40.5 Å². The van der Waals surface area contributed by atoms with Crippen LogP contribution in [0.4, 0.5) is 18.9 Å². The molecule has 18 heavy (non-hydrogen) atoms.